The molecule has 2 aromatic rings. The lowest BCUT2D eigenvalue weighted by molar-refractivity contribution is -0.0436. The lowest BCUT2D eigenvalue weighted by atomic mass is 10.1. The summed E-state index contributed by atoms with van der Waals surface area (Å²) in [4.78, 5) is -1.05. The van der Waals surface area contributed by atoms with E-state index in [0.29, 0.717) is 16.8 Å². The van der Waals surface area contributed by atoms with Gasteiger partial charge in [0.1, 0.15) is 11.0 Å². The lowest BCUT2D eigenvalue weighted by Crippen LogP contribution is -2.23. The zero-order chi connectivity index (χ0) is 17.6. The van der Waals surface area contributed by atoms with Gasteiger partial charge in [-0.2, -0.15) is 18.4 Å². The molecule has 1 heterocycles. The molecule has 0 N–H and O–H groups in total. The lowest BCUT2D eigenvalue weighted by Gasteiger charge is -2.12. The Labute approximate surface area is 139 Å². The Kier molecular flexibility index (Phi) is 4.34. The number of hydrogen-bond acceptors (Lipinski definition) is 3. The van der Waals surface area contributed by atoms with Gasteiger partial charge < -0.3 is 4.57 Å². The van der Waals surface area contributed by atoms with E-state index in [1.54, 1.807) is 26.0 Å². The molecule has 0 radical (unpaired) electrons. The second-order valence-electron chi connectivity index (χ2n) is 4.89. The topological polar surface area (TPSA) is 62.9 Å². The molecule has 9 heteroatoms. The monoisotopic (exact) mass is 406 g/mol. The highest BCUT2D eigenvalue weighted by molar-refractivity contribution is 9.10. The molecule has 0 saturated carbocycles. The predicted molar refractivity (Wildman–Crippen MR) is 80.9 cm³/mol. The fourth-order valence-electron chi connectivity index (χ4n) is 2.30. The molecule has 2 rings (SSSR count). The molecule has 122 valence electrons. The van der Waals surface area contributed by atoms with Crippen molar-refractivity contribution in [2.24, 2.45) is 0 Å². The fraction of sp³-hybridized carbons (Fsp3) is 0.214. The minimum Gasteiger partial charge on any atom is -0.321 e. The number of aromatic nitrogens is 1. The van der Waals surface area contributed by atoms with Crippen molar-refractivity contribution in [3.05, 3.63) is 45.7 Å². The van der Waals surface area contributed by atoms with Crippen molar-refractivity contribution < 1.29 is 21.6 Å². The van der Waals surface area contributed by atoms with Gasteiger partial charge in [-0.05, 0) is 37.1 Å². The molecule has 4 nitrogen and oxygen atoms in total. The SMILES string of the molecule is Cc1cc(Br)cc(C)c1-n1cc(C#N)c(S(=O)(=O)C(F)(F)F)c1. The quantitative estimate of drug-likeness (QED) is 0.756. The normalized spacial score (nSPS) is 12.2. The van der Waals surface area contributed by atoms with E-state index in [9.17, 15) is 21.6 Å². The van der Waals surface area contributed by atoms with Gasteiger partial charge in [0.05, 0.1) is 11.3 Å². The minimum atomic E-state index is -5.59. The number of nitriles is 1. The number of alkyl halides is 3. The number of nitrogens with zero attached hydrogens (tertiary/aromatic N) is 2. The van der Waals surface area contributed by atoms with Crippen molar-refractivity contribution in [1.82, 2.24) is 4.57 Å². The molecule has 0 fully saturated rings. The van der Waals surface area contributed by atoms with Crippen LogP contribution in [0, 0.1) is 25.2 Å². The molecular weight excluding hydrogens is 397 g/mol. The maximum atomic E-state index is 12.7. The summed E-state index contributed by atoms with van der Waals surface area (Å²) in [6, 6.07) is 4.99. The van der Waals surface area contributed by atoms with E-state index in [0.717, 1.165) is 16.9 Å². The average Bonchev–Trinajstić information content (AvgIpc) is 2.80. The highest BCUT2D eigenvalue weighted by atomic mass is 79.9. The third-order valence-electron chi connectivity index (χ3n) is 3.22. The van der Waals surface area contributed by atoms with Crippen LogP contribution in [0.15, 0.2) is 33.9 Å². The van der Waals surface area contributed by atoms with Crippen molar-refractivity contribution in [3.63, 3.8) is 0 Å². The van der Waals surface area contributed by atoms with Gasteiger partial charge in [-0.1, -0.05) is 15.9 Å². The largest absolute Gasteiger partial charge is 0.502 e. The van der Waals surface area contributed by atoms with Gasteiger partial charge in [0, 0.05) is 16.9 Å². The Bertz CT molecular complexity index is 901. The summed E-state index contributed by atoms with van der Waals surface area (Å²) in [7, 11) is -5.59. The molecule has 0 aliphatic heterocycles. The van der Waals surface area contributed by atoms with Crippen LogP contribution in [0.2, 0.25) is 0 Å². The summed E-state index contributed by atoms with van der Waals surface area (Å²) in [5.41, 5.74) is -4.06. The van der Waals surface area contributed by atoms with E-state index in [2.05, 4.69) is 15.9 Å². The number of halogens is 4. The first kappa shape index (κ1) is 17.6. The Hall–Kier alpha value is -1.79. The number of aryl methyl sites for hydroxylation is 2. The molecule has 23 heavy (non-hydrogen) atoms. The van der Waals surface area contributed by atoms with Gasteiger partial charge in [-0.3, -0.25) is 0 Å². The molecule has 0 atom stereocenters. The van der Waals surface area contributed by atoms with E-state index in [1.165, 1.54) is 10.6 Å². The number of rotatable bonds is 2. The van der Waals surface area contributed by atoms with E-state index < -0.39 is 25.8 Å². The van der Waals surface area contributed by atoms with E-state index in [1.807, 2.05) is 0 Å². The van der Waals surface area contributed by atoms with Crippen LogP contribution in [0.1, 0.15) is 16.7 Å². The van der Waals surface area contributed by atoms with Crippen molar-refractivity contribution in [2.45, 2.75) is 24.3 Å². The van der Waals surface area contributed by atoms with E-state index in [-0.39, 0.29) is 0 Å². The molecule has 0 aliphatic rings. The maximum Gasteiger partial charge on any atom is 0.502 e. The summed E-state index contributed by atoms with van der Waals surface area (Å²) < 4.78 is 63.5. The molecule has 0 unspecified atom stereocenters. The fourth-order valence-corrected chi connectivity index (χ4v) is 3.87. The van der Waals surface area contributed by atoms with Crippen LogP contribution < -0.4 is 0 Å². The van der Waals surface area contributed by atoms with Crippen LogP contribution in [-0.4, -0.2) is 18.5 Å². The first-order valence-electron chi connectivity index (χ1n) is 6.19. The summed E-state index contributed by atoms with van der Waals surface area (Å²) >= 11 is 3.30. The number of hydrogen-bond donors (Lipinski definition) is 0. The van der Waals surface area contributed by atoms with Crippen molar-refractivity contribution >= 4 is 25.8 Å². The van der Waals surface area contributed by atoms with Crippen molar-refractivity contribution in [2.75, 3.05) is 0 Å². The standard InChI is InChI=1S/C14H10BrF3N2O2S/c1-8-3-11(15)4-9(2)13(8)20-6-10(5-19)12(7-20)23(21,22)14(16,17)18/h3-4,6-7H,1-2H3. The van der Waals surface area contributed by atoms with Gasteiger partial charge in [-0.25, -0.2) is 8.42 Å². The molecule has 0 aliphatic carbocycles. The smallest absolute Gasteiger partial charge is 0.321 e. The maximum absolute atomic E-state index is 12.7. The summed E-state index contributed by atoms with van der Waals surface area (Å²) in [6.07, 6.45) is 1.91. The van der Waals surface area contributed by atoms with Gasteiger partial charge in [-0.15, -0.1) is 0 Å². The third-order valence-corrected chi connectivity index (χ3v) is 5.19. The van der Waals surface area contributed by atoms with E-state index >= 15 is 0 Å². The first-order valence-corrected chi connectivity index (χ1v) is 8.47. The van der Waals surface area contributed by atoms with Crippen molar-refractivity contribution in [1.29, 1.82) is 5.26 Å². The van der Waals surface area contributed by atoms with Gasteiger partial charge in [0.25, 0.3) is 9.84 Å². The van der Waals surface area contributed by atoms with Crippen LogP contribution in [0.5, 0.6) is 0 Å². The summed E-state index contributed by atoms with van der Waals surface area (Å²) in [5.74, 6) is 0. The molecule has 1 aromatic carbocycles. The van der Waals surface area contributed by atoms with Crippen LogP contribution in [0.3, 0.4) is 0 Å². The zero-order valence-corrected chi connectivity index (χ0v) is 14.3. The van der Waals surface area contributed by atoms with Crippen molar-refractivity contribution in [3.8, 4) is 11.8 Å². The molecule has 1 aromatic heterocycles. The molecule has 0 spiro atoms. The predicted octanol–water partition coefficient (Wildman–Crippen LogP) is 4.02. The second kappa shape index (κ2) is 5.69. The second-order valence-corrected chi connectivity index (χ2v) is 7.72. The van der Waals surface area contributed by atoms with Crippen LogP contribution >= 0.6 is 15.9 Å². The minimum absolute atomic E-state index is 0.522. The van der Waals surface area contributed by atoms with E-state index in [4.69, 9.17) is 5.26 Å². The first-order chi connectivity index (χ1) is 10.5. The average molecular weight is 407 g/mol. The van der Waals surface area contributed by atoms with Crippen LogP contribution in [-0.2, 0) is 9.84 Å². The van der Waals surface area contributed by atoms with Gasteiger partial charge >= 0.3 is 5.51 Å². The third kappa shape index (κ3) is 3.01. The Morgan fingerprint density at radius 1 is 1.17 bits per heavy atom. The summed E-state index contributed by atoms with van der Waals surface area (Å²) in [6.45, 7) is 3.47. The molecule has 0 bridgehead atoms. The Morgan fingerprint density at radius 2 is 1.70 bits per heavy atom. The Balaban J connectivity index is 2.75. The Morgan fingerprint density at radius 3 is 2.13 bits per heavy atom. The summed E-state index contributed by atoms with van der Waals surface area (Å²) in [5, 5.41) is 8.99. The highest BCUT2D eigenvalue weighted by Gasteiger charge is 2.48. The van der Waals surface area contributed by atoms with Gasteiger partial charge in [0.2, 0.25) is 0 Å². The molecular formula is C14H10BrF3N2O2S. The van der Waals surface area contributed by atoms with Gasteiger partial charge in [0.15, 0.2) is 0 Å². The molecule has 0 saturated heterocycles. The number of sulfone groups is 1. The molecule has 0 amide bonds. The number of benzene rings is 1. The van der Waals surface area contributed by atoms with Crippen LogP contribution in [0.25, 0.3) is 5.69 Å². The zero-order valence-electron chi connectivity index (χ0n) is 11.9. The van der Waals surface area contributed by atoms with Crippen LogP contribution in [0.4, 0.5) is 13.2 Å². The highest BCUT2D eigenvalue weighted by Crippen LogP contribution is 2.34.